The Bertz CT molecular complexity index is 589. The summed E-state index contributed by atoms with van der Waals surface area (Å²) in [6.07, 6.45) is 0. The number of carbonyl (C=O) groups excluding carboxylic acids is 1. The molecule has 3 nitrogen and oxygen atoms in total. The van der Waals surface area contributed by atoms with E-state index in [-0.39, 0.29) is 5.91 Å². The number of nitrogens with one attached hydrogen (secondary N) is 1. The third kappa shape index (κ3) is 3.55. The van der Waals surface area contributed by atoms with Crippen LogP contribution in [0.25, 0.3) is 0 Å². The molecule has 19 heavy (non-hydrogen) atoms. The molecule has 1 amide bonds. The average Bonchev–Trinajstić information content (AvgIpc) is 2.92. The maximum Gasteiger partial charge on any atom is 0.263 e. The maximum atomic E-state index is 12.1. The summed E-state index contributed by atoms with van der Waals surface area (Å²) < 4.78 is 0.736. The van der Waals surface area contributed by atoms with Crippen molar-refractivity contribution in [2.45, 2.75) is 33.2 Å². The van der Waals surface area contributed by atoms with E-state index in [0.717, 1.165) is 19.9 Å². The van der Waals surface area contributed by atoms with Gasteiger partial charge in [0.25, 0.3) is 5.91 Å². The quantitative estimate of drug-likeness (QED) is 0.918. The zero-order valence-electron chi connectivity index (χ0n) is 11.0. The zero-order valence-corrected chi connectivity index (χ0v) is 13.4. The lowest BCUT2D eigenvalue weighted by Gasteiger charge is -2.01. The van der Waals surface area contributed by atoms with E-state index in [0.29, 0.717) is 17.3 Å². The van der Waals surface area contributed by atoms with Crippen LogP contribution in [0.2, 0.25) is 4.34 Å². The van der Waals surface area contributed by atoms with Crippen LogP contribution in [0.5, 0.6) is 0 Å². The van der Waals surface area contributed by atoms with Crippen molar-refractivity contribution in [3.05, 3.63) is 36.9 Å². The molecule has 2 rings (SSSR count). The molecule has 0 radical (unpaired) electrons. The lowest BCUT2D eigenvalue weighted by molar-refractivity contribution is 0.0954. The van der Waals surface area contributed by atoms with Crippen LogP contribution >= 0.6 is 34.3 Å². The predicted octanol–water partition coefficient (Wildman–Crippen LogP) is 4.22. The third-order valence-corrected chi connectivity index (χ3v) is 5.25. The largest absolute Gasteiger partial charge is 0.346 e. The van der Waals surface area contributed by atoms with Gasteiger partial charge in [0.2, 0.25) is 0 Å². The Kier molecular flexibility index (Phi) is 4.60. The minimum Gasteiger partial charge on any atom is -0.346 e. The molecule has 0 aromatic carbocycles. The fourth-order valence-corrected chi connectivity index (χ4v) is 3.58. The Balaban J connectivity index is 2.03. The summed E-state index contributed by atoms with van der Waals surface area (Å²) in [5.41, 5.74) is 0.801. The standard InChI is InChI=1S/C13H15ClN2OS2/c1-7(2)13-16-8(3)11(19-13)12(17)15-6-9-4-5-10(14)18-9/h4-5,7H,6H2,1-3H3,(H,15,17). The van der Waals surface area contributed by atoms with E-state index in [4.69, 9.17) is 11.6 Å². The molecule has 0 atom stereocenters. The molecular weight excluding hydrogens is 300 g/mol. The van der Waals surface area contributed by atoms with Gasteiger partial charge in [-0.1, -0.05) is 25.4 Å². The Morgan fingerprint density at radius 1 is 1.42 bits per heavy atom. The van der Waals surface area contributed by atoms with Crippen LogP contribution in [0.15, 0.2) is 12.1 Å². The highest BCUT2D eigenvalue weighted by molar-refractivity contribution is 7.16. The van der Waals surface area contributed by atoms with Crippen molar-refractivity contribution in [3.63, 3.8) is 0 Å². The molecule has 0 aliphatic heterocycles. The van der Waals surface area contributed by atoms with Gasteiger partial charge in [0.15, 0.2) is 0 Å². The molecule has 0 aliphatic carbocycles. The van der Waals surface area contributed by atoms with Crippen LogP contribution in [-0.4, -0.2) is 10.9 Å². The van der Waals surface area contributed by atoms with Crippen LogP contribution in [0, 0.1) is 6.92 Å². The van der Waals surface area contributed by atoms with Gasteiger partial charge in [-0.2, -0.15) is 0 Å². The van der Waals surface area contributed by atoms with Crippen molar-refractivity contribution in [1.29, 1.82) is 0 Å². The molecule has 2 aromatic heterocycles. The number of aromatic nitrogens is 1. The lowest BCUT2D eigenvalue weighted by Crippen LogP contribution is -2.22. The average molecular weight is 315 g/mol. The Morgan fingerprint density at radius 3 is 2.68 bits per heavy atom. The number of nitrogens with zero attached hydrogens (tertiary/aromatic N) is 1. The first-order chi connectivity index (χ1) is 8.97. The summed E-state index contributed by atoms with van der Waals surface area (Å²) in [6.45, 7) is 6.53. The van der Waals surface area contributed by atoms with E-state index < -0.39 is 0 Å². The van der Waals surface area contributed by atoms with E-state index in [1.54, 1.807) is 0 Å². The van der Waals surface area contributed by atoms with Crippen molar-refractivity contribution in [2.75, 3.05) is 0 Å². The molecule has 0 aliphatic rings. The highest BCUT2D eigenvalue weighted by Crippen LogP contribution is 2.25. The highest BCUT2D eigenvalue weighted by Gasteiger charge is 2.16. The summed E-state index contributed by atoms with van der Waals surface area (Å²) in [5.74, 6) is 0.285. The first-order valence-electron chi connectivity index (χ1n) is 5.97. The molecule has 0 bridgehead atoms. The van der Waals surface area contributed by atoms with Crippen LogP contribution < -0.4 is 5.32 Å². The maximum absolute atomic E-state index is 12.1. The van der Waals surface area contributed by atoms with Gasteiger partial charge in [-0.05, 0) is 19.1 Å². The van der Waals surface area contributed by atoms with E-state index in [1.807, 2.05) is 19.1 Å². The number of hydrogen-bond acceptors (Lipinski definition) is 4. The van der Waals surface area contributed by atoms with E-state index in [9.17, 15) is 4.79 Å². The highest BCUT2D eigenvalue weighted by atomic mass is 35.5. The SMILES string of the molecule is Cc1nc(C(C)C)sc1C(=O)NCc1ccc(Cl)s1. The van der Waals surface area contributed by atoms with Crippen LogP contribution in [0.3, 0.4) is 0 Å². The van der Waals surface area contributed by atoms with E-state index in [1.165, 1.54) is 22.7 Å². The molecule has 0 unspecified atom stereocenters. The van der Waals surface area contributed by atoms with Crippen molar-refractivity contribution in [1.82, 2.24) is 10.3 Å². The van der Waals surface area contributed by atoms with Gasteiger partial charge < -0.3 is 5.32 Å². The Labute approximate surface area is 125 Å². The predicted molar refractivity (Wildman–Crippen MR) is 81.4 cm³/mol. The van der Waals surface area contributed by atoms with Gasteiger partial charge >= 0.3 is 0 Å². The van der Waals surface area contributed by atoms with Gasteiger partial charge in [0.1, 0.15) is 4.88 Å². The van der Waals surface area contributed by atoms with Gasteiger partial charge in [-0.15, -0.1) is 22.7 Å². The number of rotatable bonds is 4. The zero-order chi connectivity index (χ0) is 14.0. The van der Waals surface area contributed by atoms with Gasteiger partial charge in [-0.25, -0.2) is 4.98 Å². The molecule has 0 fully saturated rings. The van der Waals surface area contributed by atoms with Crippen LogP contribution in [0.4, 0.5) is 0 Å². The molecule has 2 heterocycles. The summed E-state index contributed by atoms with van der Waals surface area (Å²) in [7, 11) is 0. The van der Waals surface area contributed by atoms with Crippen molar-refractivity contribution in [2.24, 2.45) is 0 Å². The van der Waals surface area contributed by atoms with Crippen LogP contribution in [0.1, 0.15) is 45.0 Å². The molecule has 102 valence electrons. The van der Waals surface area contributed by atoms with E-state index >= 15 is 0 Å². The molecule has 2 aromatic rings. The lowest BCUT2D eigenvalue weighted by atomic mass is 10.2. The monoisotopic (exact) mass is 314 g/mol. The summed E-state index contributed by atoms with van der Waals surface area (Å²) in [5, 5.41) is 3.91. The molecular formula is C13H15ClN2OS2. The molecule has 0 saturated heterocycles. The molecule has 1 N–H and O–H groups in total. The van der Waals surface area contributed by atoms with Gasteiger partial charge in [0, 0.05) is 10.8 Å². The Hall–Kier alpha value is -0.910. The van der Waals surface area contributed by atoms with Crippen molar-refractivity contribution in [3.8, 4) is 0 Å². The van der Waals surface area contributed by atoms with Crippen LogP contribution in [-0.2, 0) is 6.54 Å². The normalized spacial score (nSPS) is 11.0. The fourth-order valence-electron chi connectivity index (χ4n) is 1.57. The molecule has 0 saturated carbocycles. The van der Waals surface area contributed by atoms with Crippen molar-refractivity contribution < 1.29 is 4.79 Å². The Morgan fingerprint density at radius 2 is 2.16 bits per heavy atom. The first kappa shape index (κ1) is 14.5. The second-order valence-electron chi connectivity index (χ2n) is 4.51. The molecule has 6 heteroatoms. The summed E-state index contributed by atoms with van der Waals surface area (Å²) in [6, 6.07) is 3.76. The topological polar surface area (TPSA) is 42.0 Å². The molecule has 0 spiro atoms. The smallest absolute Gasteiger partial charge is 0.263 e. The number of halogens is 1. The van der Waals surface area contributed by atoms with Crippen molar-refractivity contribution >= 4 is 40.2 Å². The minimum atomic E-state index is -0.0635. The third-order valence-electron chi connectivity index (χ3n) is 2.57. The van der Waals surface area contributed by atoms with E-state index in [2.05, 4.69) is 24.1 Å². The second-order valence-corrected chi connectivity index (χ2v) is 7.34. The number of carbonyl (C=O) groups is 1. The first-order valence-corrected chi connectivity index (χ1v) is 7.98. The minimum absolute atomic E-state index is 0.0635. The number of hydrogen-bond donors (Lipinski definition) is 1. The van der Waals surface area contributed by atoms with Gasteiger partial charge in [0.05, 0.1) is 21.6 Å². The fraction of sp³-hybridized carbons (Fsp3) is 0.385. The second kappa shape index (κ2) is 6.03. The number of amides is 1. The van der Waals surface area contributed by atoms with Gasteiger partial charge in [-0.3, -0.25) is 4.79 Å². The number of aryl methyl sites for hydroxylation is 1. The number of thiazole rings is 1. The summed E-state index contributed by atoms with van der Waals surface area (Å²) >= 11 is 8.80. The number of thiophene rings is 1. The summed E-state index contributed by atoms with van der Waals surface area (Å²) in [4.78, 5) is 18.3.